The van der Waals surface area contributed by atoms with E-state index in [0.717, 1.165) is 68.2 Å². The highest BCUT2D eigenvalue weighted by Gasteiger charge is 2.09. The minimum atomic E-state index is 0.729. The summed E-state index contributed by atoms with van der Waals surface area (Å²) >= 11 is 7.71. The summed E-state index contributed by atoms with van der Waals surface area (Å²) in [5, 5.41) is 5.97. The number of halogens is 1. The second-order valence-corrected chi connectivity index (χ2v) is 8.54. The normalized spacial score (nSPS) is 10.8. The van der Waals surface area contributed by atoms with Gasteiger partial charge in [-0.15, -0.1) is 0 Å². The first kappa shape index (κ1) is 22.2. The third kappa shape index (κ3) is 5.44. The summed E-state index contributed by atoms with van der Waals surface area (Å²) in [5.41, 5.74) is 3.22. The maximum atomic E-state index is 6.11. The van der Waals surface area contributed by atoms with Crippen LogP contribution in [0.4, 0.5) is 5.82 Å². The monoisotopic (exact) mass is 465 g/mol. The molecule has 0 saturated heterocycles. The Balaban J connectivity index is 1.49. The van der Waals surface area contributed by atoms with Crippen molar-refractivity contribution in [1.82, 2.24) is 9.97 Å². The van der Waals surface area contributed by atoms with Crippen LogP contribution in [0, 0.1) is 0 Å². The van der Waals surface area contributed by atoms with Crippen molar-refractivity contribution in [2.45, 2.75) is 17.3 Å². The van der Waals surface area contributed by atoms with Gasteiger partial charge >= 0.3 is 0 Å². The van der Waals surface area contributed by atoms with Crippen molar-refractivity contribution in [3.8, 4) is 11.5 Å². The minimum Gasteiger partial charge on any atom is -0.493 e. The molecule has 0 amide bonds. The zero-order chi connectivity index (χ0) is 22.3. The first-order valence-electron chi connectivity index (χ1n) is 10.2. The number of thioether (sulfide) groups is 1. The molecule has 3 aromatic carbocycles. The number of anilines is 1. The lowest BCUT2D eigenvalue weighted by molar-refractivity contribution is 0.354. The van der Waals surface area contributed by atoms with E-state index in [1.165, 1.54) is 0 Å². The quantitative estimate of drug-likeness (QED) is 0.233. The van der Waals surface area contributed by atoms with Crippen LogP contribution in [0.25, 0.3) is 10.9 Å². The van der Waals surface area contributed by atoms with Gasteiger partial charge in [0.25, 0.3) is 0 Å². The Labute approximate surface area is 197 Å². The Hall–Kier alpha value is -2.96. The summed E-state index contributed by atoms with van der Waals surface area (Å²) < 4.78 is 10.7. The van der Waals surface area contributed by atoms with Crippen molar-refractivity contribution < 1.29 is 9.47 Å². The molecule has 1 heterocycles. The van der Waals surface area contributed by atoms with Gasteiger partial charge in [-0.1, -0.05) is 53.7 Å². The number of benzene rings is 3. The van der Waals surface area contributed by atoms with Gasteiger partial charge in [-0.25, -0.2) is 9.97 Å². The Morgan fingerprint density at radius 2 is 1.72 bits per heavy atom. The number of methoxy groups -OCH3 is 2. The van der Waals surface area contributed by atoms with Gasteiger partial charge < -0.3 is 14.8 Å². The lowest BCUT2D eigenvalue weighted by atomic mass is 10.1. The van der Waals surface area contributed by atoms with E-state index in [0.29, 0.717) is 0 Å². The summed E-state index contributed by atoms with van der Waals surface area (Å²) in [5.74, 6) is 3.05. The second kappa shape index (κ2) is 10.6. The maximum absolute atomic E-state index is 6.11. The molecule has 5 nitrogen and oxygen atoms in total. The molecule has 1 N–H and O–H groups in total. The second-order valence-electron chi connectivity index (χ2n) is 7.16. The van der Waals surface area contributed by atoms with Crippen LogP contribution < -0.4 is 14.8 Å². The molecule has 164 valence electrons. The molecule has 1 aromatic heterocycles. The molecule has 4 rings (SSSR count). The molecule has 32 heavy (non-hydrogen) atoms. The highest BCUT2D eigenvalue weighted by atomic mass is 35.5. The van der Waals surface area contributed by atoms with E-state index in [1.807, 2.05) is 60.7 Å². The molecule has 0 aliphatic carbocycles. The van der Waals surface area contributed by atoms with Crippen molar-refractivity contribution in [2.75, 3.05) is 26.1 Å². The molecule has 0 bridgehead atoms. The van der Waals surface area contributed by atoms with E-state index in [-0.39, 0.29) is 0 Å². The predicted molar refractivity (Wildman–Crippen MR) is 132 cm³/mol. The Morgan fingerprint density at radius 3 is 2.53 bits per heavy atom. The highest BCUT2D eigenvalue weighted by molar-refractivity contribution is 7.98. The molecule has 0 atom stereocenters. The van der Waals surface area contributed by atoms with Gasteiger partial charge in [-0.2, -0.15) is 0 Å². The molecule has 0 unspecified atom stereocenters. The summed E-state index contributed by atoms with van der Waals surface area (Å²) in [6, 6.07) is 21.9. The van der Waals surface area contributed by atoms with Gasteiger partial charge in [0.15, 0.2) is 16.7 Å². The van der Waals surface area contributed by atoms with Crippen molar-refractivity contribution in [2.24, 2.45) is 0 Å². The Bertz CT molecular complexity index is 1220. The molecular formula is C25H24ClN3O2S. The van der Waals surface area contributed by atoms with Gasteiger partial charge in [0.05, 0.1) is 19.7 Å². The van der Waals surface area contributed by atoms with E-state index >= 15 is 0 Å². The van der Waals surface area contributed by atoms with Gasteiger partial charge in [0, 0.05) is 22.7 Å². The average Bonchev–Trinajstić information content (AvgIpc) is 2.82. The number of hydrogen-bond donors (Lipinski definition) is 1. The van der Waals surface area contributed by atoms with Crippen LogP contribution in [0.1, 0.15) is 11.1 Å². The zero-order valence-corrected chi connectivity index (χ0v) is 19.5. The number of ether oxygens (including phenoxy) is 2. The smallest absolute Gasteiger partial charge is 0.190 e. The van der Waals surface area contributed by atoms with E-state index in [9.17, 15) is 0 Å². The Kier molecular flexibility index (Phi) is 7.35. The SMILES string of the molecule is COc1ccc(CCNc2nc(SCc3cccc(Cl)c3)nc3ccccc23)cc1OC. The number of nitrogens with zero attached hydrogens (tertiary/aromatic N) is 2. The molecule has 7 heteroatoms. The highest BCUT2D eigenvalue weighted by Crippen LogP contribution is 2.29. The third-order valence-electron chi connectivity index (χ3n) is 4.99. The number of fused-ring (bicyclic) bond motifs is 1. The van der Waals surface area contributed by atoms with Crippen LogP contribution in [-0.2, 0) is 12.2 Å². The number of para-hydroxylation sites is 1. The molecule has 0 fully saturated rings. The number of aromatic nitrogens is 2. The topological polar surface area (TPSA) is 56.3 Å². The summed E-state index contributed by atoms with van der Waals surface area (Å²) in [4.78, 5) is 9.52. The predicted octanol–water partition coefficient (Wildman–Crippen LogP) is 6.25. The Morgan fingerprint density at radius 1 is 0.875 bits per heavy atom. The average molecular weight is 466 g/mol. The molecule has 0 aliphatic rings. The molecule has 0 radical (unpaired) electrons. The van der Waals surface area contributed by atoms with Gasteiger partial charge in [0.1, 0.15) is 5.82 Å². The van der Waals surface area contributed by atoms with Crippen LogP contribution in [-0.4, -0.2) is 30.7 Å². The van der Waals surface area contributed by atoms with Crippen LogP contribution in [0.3, 0.4) is 0 Å². The fourth-order valence-corrected chi connectivity index (χ4v) is 4.40. The largest absolute Gasteiger partial charge is 0.493 e. The van der Waals surface area contributed by atoms with Crippen molar-refractivity contribution in [1.29, 1.82) is 0 Å². The third-order valence-corrected chi connectivity index (χ3v) is 6.15. The van der Waals surface area contributed by atoms with Crippen molar-refractivity contribution >= 4 is 40.1 Å². The minimum absolute atomic E-state index is 0.729. The molecule has 4 aromatic rings. The number of nitrogens with one attached hydrogen (secondary N) is 1. The molecule has 0 saturated carbocycles. The fourth-order valence-electron chi connectivity index (χ4n) is 3.39. The summed E-state index contributed by atoms with van der Waals surface area (Å²) in [7, 11) is 3.29. The van der Waals surface area contributed by atoms with E-state index in [2.05, 4.69) is 11.4 Å². The summed E-state index contributed by atoms with van der Waals surface area (Å²) in [6.07, 6.45) is 0.823. The molecule has 0 spiro atoms. The van der Waals surface area contributed by atoms with Crippen molar-refractivity contribution in [3.05, 3.63) is 82.9 Å². The fraction of sp³-hybridized carbons (Fsp3) is 0.200. The standard InChI is InChI=1S/C25H24ClN3O2S/c1-30-22-11-10-17(15-23(22)31-2)12-13-27-24-20-8-3-4-9-21(20)28-25(29-24)32-16-18-6-5-7-19(26)14-18/h3-11,14-15H,12-13,16H2,1-2H3,(H,27,28,29). The zero-order valence-electron chi connectivity index (χ0n) is 18.0. The lowest BCUT2D eigenvalue weighted by Crippen LogP contribution is -2.08. The maximum Gasteiger partial charge on any atom is 0.190 e. The van der Waals surface area contributed by atoms with Crippen molar-refractivity contribution in [3.63, 3.8) is 0 Å². The van der Waals surface area contributed by atoms with Gasteiger partial charge in [0.2, 0.25) is 0 Å². The van der Waals surface area contributed by atoms with E-state index in [4.69, 9.17) is 31.0 Å². The lowest BCUT2D eigenvalue weighted by Gasteiger charge is -2.12. The number of hydrogen-bond acceptors (Lipinski definition) is 6. The van der Waals surface area contributed by atoms with Crippen LogP contribution in [0.2, 0.25) is 5.02 Å². The van der Waals surface area contributed by atoms with E-state index < -0.39 is 0 Å². The van der Waals surface area contributed by atoms with Gasteiger partial charge in [-0.3, -0.25) is 0 Å². The van der Waals surface area contributed by atoms with Crippen LogP contribution in [0.5, 0.6) is 11.5 Å². The van der Waals surface area contributed by atoms with Gasteiger partial charge in [-0.05, 0) is 53.9 Å². The number of rotatable bonds is 9. The van der Waals surface area contributed by atoms with Crippen LogP contribution in [0.15, 0.2) is 71.9 Å². The molecular weight excluding hydrogens is 442 g/mol. The first-order valence-corrected chi connectivity index (χ1v) is 11.6. The summed E-state index contributed by atoms with van der Waals surface area (Å²) in [6.45, 7) is 0.731. The van der Waals surface area contributed by atoms with E-state index in [1.54, 1.807) is 26.0 Å². The van der Waals surface area contributed by atoms with Crippen LogP contribution >= 0.6 is 23.4 Å². The molecule has 0 aliphatic heterocycles. The first-order chi connectivity index (χ1) is 15.7.